The van der Waals surface area contributed by atoms with Gasteiger partial charge in [-0.15, -0.1) is 0 Å². The Labute approximate surface area is 167 Å². The van der Waals surface area contributed by atoms with E-state index in [1.807, 2.05) is 49.4 Å². The first-order valence-electron chi connectivity index (χ1n) is 10.2. The van der Waals surface area contributed by atoms with Crippen molar-refractivity contribution in [2.24, 2.45) is 17.8 Å². The molecule has 1 aliphatic carbocycles. The Balaban J connectivity index is 1.57. The summed E-state index contributed by atoms with van der Waals surface area (Å²) in [7, 11) is 2.17. The predicted molar refractivity (Wildman–Crippen MR) is 109 cm³/mol. The summed E-state index contributed by atoms with van der Waals surface area (Å²) in [6.45, 7) is 4.52. The van der Waals surface area contributed by atoms with Gasteiger partial charge in [0.05, 0.1) is 6.61 Å². The van der Waals surface area contributed by atoms with Crippen LogP contribution in [0.2, 0.25) is 0 Å². The van der Waals surface area contributed by atoms with Gasteiger partial charge in [0, 0.05) is 19.0 Å². The van der Waals surface area contributed by atoms with Crippen LogP contribution in [0.15, 0.2) is 54.6 Å². The van der Waals surface area contributed by atoms with Crippen molar-refractivity contribution in [3.05, 3.63) is 71.3 Å². The Kier molecular flexibility index (Phi) is 5.26. The van der Waals surface area contributed by atoms with Gasteiger partial charge in [-0.05, 0) is 49.8 Å². The number of hydrogen-bond donors (Lipinski definition) is 1. The van der Waals surface area contributed by atoms with Crippen molar-refractivity contribution in [2.45, 2.75) is 25.4 Å². The van der Waals surface area contributed by atoms with Gasteiger partial charge in [0.25, 0.3) is 0 Å². The van der Waals surface area contributed by atoms with Crippen LogP contribution in [0.1, 0.15) is 29.5 Å². The van der Waals surface area contributed by atoms with Crippen LogP contribution < -0.4 is 0 Å². The minimum Gasteiger partial charge on any atom is -0.463 e. The highest BCUT2D eigenvalue weighted by atomic mass is 16.5. The highest BCUT2D eigenvalue weighted by molar-refractivity contribution is 5.85. The Morgan fingerprint density at radius 2 is 1.61 bits per heavy atom. The number of nitrogens with zero attached hydrogens (tertiary/aromatic N) is 1. The zero-order valence-electron chi connectivity index (χ0n) is 16.7. The van der Waals surface area contributed by atoms with Crippen LogP contribution in [-0.4, -0.2) is 42.7 Å². The van der Waals surface area contributed by atoms with E-state index < -0.39 is 11.6 Å². The molecule has 2 fully saturated rings. The first kappa shape index (κ1) is 19.2. The molecular formula is C24H29NO3. The van der Waals surface area contributed by atoms with Crippen LogP contribution in [0.25, 0.3) is 0 Å². The second-order valence-electron chi connectivity index (χ2n) is 8.52. The van der Waals surface area contributed by atoms with Gasteiger partial charge in [-0.1, -0.05) is 60.2 Å². The molecule has 1 saturated heterocycles. The highest BCUT2D eigenvalue weighted by Crippen LogP contribution is 2.42. The Bertz CT molecular complexity index is 806. The fourth-order valence-electron chi connectivity index (χ4n) is 4.99. The lowest BCUT2D eigenvalue weighted by molar-refractivity contribution is -0.165. The molecular weight excluding hydrogens is 350 g/mol. The maximum Gasteiger partial charge on any atom is 0.347 e. The number of piperidine rings is 1. The van der Waals surface area contributed by atoms with Gasteiger partial charge in [-0.3, -0.25) is 0 Å². The molecule has 2 aromatic rings. The van der Waals surface area contributed by atoms with E-state index in [1.54, 1.807) is 12.1 Å². The third-order valence-electron chi connectivity index (χ3n) is 6.57. The number of ether oxygens (including phenoxy) is 1. The number of fused-ring (bicyclic) bond motifs is 2. The summed E-state index contributed by atoms with van der Waals surface area (Å²) in [5, 5.41) is 11.5. The smallest absolute Gasteiger partial charge is 0.347 e. The van der Waals surface area contributed by atoms with Gasteiger partial charge >= 0.3 is 5.97 Å². The third kappa shape index (κ3) is 3.47. The summed E-state index contributed by atoms with van der Waals surface area (Å²) in [4.78, 5) is 15.6. The van der Waals surface area contributed by atoms with Crippen LogP contribution in [0.4, 0.5) is 0 Å². The van der Waals surface area contributed by atoms with Crippen molar-refractivity contribution >= 4 is 5.97 Å². The number of aliphatic hydroxyl groups is 1. The van der Waals surface area contributed by atoms with Gasteiger partial charge in [-0.25, -0.2) is 4.79 Å². The van der Waals surface area contributed by atoms with Crippen molar-refractivity contribution in [1.82, 2.24) is 4.90 Å². The average Bonchev–Trinajstić information content (AvgIpc) is 2.95. The molecule has 0 spiro atoms. The Hall–Kier alpha value is -2.17. The van der Waals surface area contributed by atoms with Gasteiger partial charge in [0.2, 0.25) is 5.60 Å². The van der Waals surface area contributed by atoms with Crippen LogP contribution >= 0.6 is 0 Å². The molecule has 148 valence electrons. The maximum absolute atomic E-state index is 13.2. The molecule has 0 amide bonds. The van der Waals surface area contributed by atoms with Gasteiger partial charge in [0.1, 0.15) is 0 Å². The molecule has 1 N–H and O–H groups in total. The summed E-state index contributed by atoms with van der Waals surface area (Å²) in [5.41, 5.74) is 0.366. The molecule has 4 heteroatoms. The van der Waals surface area contributed by atoms with E-state index in [9.17, 15) is 9.90 Å². The molecule has 3 atom stereocenters. The molecule has 4 rings (SSSR count). The number of rotatable bonds is 5. The van der Waals surface area contributed by atoms with Crippen molar-refractivity contribution in [2.75, 3.05) is 26.7 Å². The number of hydrogen-bond acceptors (Lipinski definition) is 4. The zero-order valence-corrected chi connectivity index (χ0v) is 16.7. The number of benzene rings is 2. The Morgan fingerprint density at radius 1 is 1.04 bits per heavy atom. The van der Waals surface area contributed by atoms with Gasteiger partial charge in [0.15, 0.2) is 0 Å². The molecule has 3 unspecified atom stereocenters. The lowest BCUT2D eigenvalue weighted by atomic mass is 9.85. The molecule has 2 bridgehead atoms. The van der Waals surface area contributed by atoms with E-state index in [1.165, 1.54) is 12.8 Å². The lowest BCUT2D eigenvalue weighted by Gasteiger charge is -2.36. The quantitative estimate of drug-likeness (QED) is 0.810. The topological polar surface area (TPSA) is 49.8 Å². The van der Waals surface area contributed by atoms with E-state index in [4.69, 9.17) is 4.74 Å². The predicted octanol–water partition coefficient (Wildman–Crippen LogP) is 3.36. The molecule has 0 aromatic heterocycles. The summed E-state index contributed by atoms with van der Waals surface area (Å²) < 4.78 is 5.79. The highest BCUT2D eigenvalue weighted by Gasteiger charge is 2.45. The molecule has 0 radical (unpaired) electrons. The second kappa shape index (κ2) is 7.69. The largest absolute Gasteiger partial charge is 0.463 e. The third-order valence-corrected chi connectivity index (χ3v) is 6.57. The first-order chi connectivity index (χ1) is 13.5. The van der Waals surface area contributed by atoms with Gasteiger partial charge < -0.3 is 14.7 Å². The van der Waals surface area contributed by atoms with Crippen LogP contribution in [0, 0.1) is 24.7 Å². The van der Waals surface area contributed by atoms with E-state index in [0.717, 1.165) is 18.7 Å². The fourth-order valence-corrected chi connectivity index (χ4v) is 4.99. The summed E-state index contributed by atoms with van der Waals surface area (Å²) >= 11 is 0. The number of carbonyl (C=O) groups is 1. The maximum atomic E-state index is 13.2. The fraction of sp³-hybridized carbons (Fsp3) is 0.458. The first-order valence-corrected chi connectivity index (χ1v) is 10.2. The molecule has 1 aliphatic heterocycles. The van der Waals surface area contributed by atoms with Crippen LogP contribution in [-0.2, 0) is 15.1 Å². The minimum atomic E-state index is -1.79. The number of likely N-dealkylation sites (tertiary alicyclic amines) is 1. The molecule has 1 heterocycles. The molecule has 1 saturated carbocycles. The lowest BCUT2D eigenvalue weighted by Crippen LogP contribution is -2.44. The normalized spacial score (nSPS) is 26.6. The van der Waals surface area contributed by atoms with Crippen LogP contribution in [0.5, 0.6) is 0 Å². The van der Waals surface area contributed by atoms with Crippen molar-refractivity contribution in [1.29, 1.82) is 0 Å². The van der Waals surface area contributed by atoms with E-state index in [0.29, 0.717) is 35.5 Å². The number of aryl methyl sites for hydroxylation is 1. The average molecular weight is 380 g/mol. The van der Waals surface area contributed by atoms with Crippen molar-refractivity contribution in [3.63, 3.8) is 0 Å². The van der Waals surface area contributed by atoms with E-state index in [-0.39, 0.29) is 0 Å². The number of carbonyl (C=O) groups excluding carboxylic acids is 1. The minimum absolute atomic E-state index is 0.392. The van der Waals surface area contributed by atoms with Crippen molar-refractivity contribution < 1.29 is 14.6 Å². The second-order valence-corrected chi connectivity index (χ2v) is 8.52. The Morgan fingerprint density at radius 3 is 2.21 bits per heavy atom. The van der Waals surface area contributed by atoms with E-state index >= 15 is 0 Å². The molecule has 28 heavy (non-hydrogen) atoms. The van der Waals surface area contributed by atoms with E-state index in [2.05, 4.69) is 11.9 Å². The number of esters is 1. The summed E-state index contributed by atoms with van der Waals surface area (Å²) in [6.07, 6.45) is 2.41. The summed E-state index contributed by atoms with van der Waals surface area (Å²) in [6, 6.07) is 16.5. The van der Waals surface area contributed by atoms with Crippen molar-refractivity contribution in [3.8, 4) is 0 Å². The summed E-state index contributed by atoms with van der Waals surface area (Å²) in [5.74, 6) is 0.987. The van der Waals surface area contributed by atoms with Gasteiger partial charge in [-0.2, -0.15) is 0 Å². The molecule has 4 nitrogen and oxygen atoms in total. The van der Waals surface area contributed by atoms with Crippen LogP contribution in [0.3, 0.4) is 0 Å². The standard InChI is InChI=1S/C24H29NO3/c1-17-8-12-21(13-9-17)24(27,20-6-4-3-5-7-20)23(26)28-16-22-18-10-11-19(22)15-25(2)14-18/h3-9,12-13,18-19,22,27H,10-11,14-16H2,1-2H3. The SMILES string of the molecule is Cc1ccc(C(O)(C(=O)OCC2C3CCC2CN(C)C3)c2ccccc2)cc1. The monoisotopic (exact) mass is 379 g/mol. The zero-order chi connectivity index (χ0) is 19.7. The molecule has 2 aliphatic rings. The molecule has 2 aromatic carbocycles.